The average molecular weight is 476 g/mol. The molecule has 0 radical (unpaired) electrons. The van der Waals surface area contributed by atoms with Crippen LogP contribution in [0.5, 0.6) is 0 Å². The summed E-state index contributed by atoms with van der Waals surface area (Å²) in [5, 5.41) is 14.4. The van der Waals surface area contributed by atoms with Crippen molar-refractivity contribution in [1.82, 2.24) is 15.5 Å². The lowest BCUT2D eigenvalue weighted by Crippen LogP contribution is -2.53. The van der Waals surface area contributed by atoms with Crippen molar-refractivity contribution in [2.45, 2.75) is 50.2 Å². The lowest BCUT2D eigenvalue weighted by molar-refractivity contribution is -0.148. The summed E-state index contributed by atoms with van der Waals surface area (Å²) in [6.07, 6.45) is 1.85. The second-order valence-electron chi connectivity index (χ2n) is 8.11. The standard InChI is InChI=1S/C22H33N7O5/c23-15(12-14-6-2-1-3-7-14)19(31)28-16(8-4-10-26-22(24)25)20(32)27-13-18(30)29-11-5-9-17(29)21(33)34/h1-3,6-7,15-17H,4-5,8-13,23H2,(H,27,32)(H,28,31)(H,33,34)(H4,24,25,26). The molecule has 3 atom stereocenters. The number of aliphatic imine (C=N–C) groups is 1. The van der Waals surface area contributed by atoms with Crippen molar-refractivity contribution in [3.63, 3.8) is 0 Å². The number of carboxylic acid groups (broad SMARTS) is 1. The number of rotatable bonds is 12. The molecule has 1 aromatic carbocycles. The van der Waals surface area contributed by atoms with Crippen molar-refractivity contribution in [2.24, 2.45) is 22.2 Å². The van der Waals surface area contributed by atoms with Crippen molar-refractivity contribution >= 4 is 29.7 Å². The molecule has 1 aliphatic rings. The maximum atomic E-state index is 12.8. The summed E-state index contributed by atoms with van der Waals surface area (Å²) in [5.74, 6) is -2.75. The Kier molecular flexibility index (Phi) is 10.3. The van der Waals surface area contributed by atoms with Gasteiger partial charge in [-0.15, -0.1) is 0 Å². The van der Waals surface area contributed by atoms with Crippen molar-refractivity contribution in [1.29, 1.82) is 0 Å². The Morgan fingerprint density at radius 3 is 2.50 bits per heavy atom. The predicted octanol–water partition coefficient (Wildman–Crippen LogP) is -1.71. The molecule has 0 aromatic heterocycles. The van der Waals surface area contributed by atoms with Crippen LogP contribution in [0.15, 0.2) is 35.3 Å². The van der Waals surface area contributed by atoms with E-state index in [1.54, 1.807) is 0 Å². The van der Waals surface area contributed by atoms with E-state index in [-0.39, 0.29) is 25.5 Å². The number of carboxylic acids is 1. The fraction of sp³-hybridized carbons (Fsp3) is 0.500. The van der Waals surface area contributed by atoms with Crippen LogP contribution in [-0.2, 0) is 25.6 Å². The van der Waals surface area contributed by atoms with Crippen LogP contribution in [0, 0.1) is 0 Å². The molecule has 0 spiro atoms. The topological polar surface area (TPSA) is 206 Å². The zero-order valence-electron chi connectivity index (χ0n) is 19.0. The van der Waals surface area contributed by atoms with Gasteiger partial charge < -0.3 is 37.8 Å². The summed E-state index contributed by atoms with van der Waals surface area (Å²) in [6.45, 7) is 0.197. The van der Waals surface area contributed by atoms with Crippen LogP contribution in [0.2, 0.25) is 0 Å². The lowest BCUT2D eigenvalue weighted by atomic mass is 10.0. The van der Waals surface area contributed by atoms with Crippen LogP contribution in [0.25, 0.3) is 0 Å². The van der Waals surface area contributed by atoms with E-state index in [2.05, 4.69) is 15.6 Å². The van der Waals surface area contributed by atoms with Gasteiger partial charge in [-0.25, -0.2) is 4.79 Å². The zero-order valence-corrected chi connectivity index (χ0v) is 19.0. The maximum absolute atomic E-state index is 12.8. The van der Waals surface area contributed by atoms with Crippen molar-refractivity contribution in [3.05, 3.63) is 35.9 Å². The molecule has 34 heavy (non-hydrogen) atoms. The molecule has 0 aliphatic carbocycles. The molecule has 0 bridgehead atoms. The largest absolute Gasteiger partial charge is 0.480 e. The van der Waals surface area contributed by atoms with E-state index >= 15 is 0 Å². The third-order valence-corrected chi connectivity index (χ3v) is 5.49. The highest BCUT2D eigenvalue weighted by molar-refractivity contribution is 5.92. The van der Waals surface area contributed by atoms with Crippen molar-refractivity contribution < 1.29 is 24.3 Å². The molecule has 12 nitrogen and oxygen atoms in total. The summed E-state index contributed by atoms with van der Waals surface area (Å²) in [7, 11) is 0. The Morgan fingerprint density at radius 2 is 1.85 bits per heavy atom. The minimum Gasteiger partial charge on any atom is -0.480 e. The molecule has 2 rings (SSSR count). The Morgan fingerprint density at radius 1 is 1.15 bits per heavy atom. The molecule has 1 aromatic rings. The first-order valence-electron chi connectivity index (χ1n) is 11.1. The van der Waals surface area contributed by atoms with Crippen LogP contribution in [0.3, 0.4) is 0 Å². The molecular weight excluding hydrogens is 442 g/mol. The molecule has 1 heterocycles. The fourth-order valence-corrected chi connectivity index (χ4v) is 3.72. The van der Waals surface area contributed by atoms with Gasteiger partial charge in [0.1, 0.15) is 12.1 Å². The number of benzene rings is 1. The minimum atomic E-state index is -1.07. The van der Waals surface area contributed by atoms with Gasteiger partial charge in [0.15, 0.2) is 5.96 Å². The first-order chi connectivity index (χ1) is 16.2. The van der Waals surface area contributed by atoms with Gasteiger partial charge >= 0.3 is 5.97 Å². The highest BCUT2D eigenvalue weighted by Crippen LogP contribution is 2.17. The number of aliphatic carboxylic acids is 1. The molecule has 9 N–H and O–H groups in total. The SMILES string of the molecule is NC(N)=NCCCC(NC(=O)C(N)Cc1ccccc1)C(=O)NCC(=O)N1CCCC1C(=O)O. The molecule has 1 saturated heterocycles. The number of carbonyl (C=O) groups excluding carboxylic acids is 3. The predicted molar refractivity (Wildman–Crippen MR) is 125 cm³/mol. The Bertz CT molecular complexity index is 889. The molecule has 3 amide bonds. The minimum absolute atomic E-state index is 0.0842. The highest BCUT2D eigenvalue weighted by Gasteiger charge is 2.34. The van der Waals surface area contributed by atoms with Gasteiger partial charge in [0.2, 0.25) is 17.7 Å². The van der Waals surface area contributed by atoms with Gasteiger partial charge in [0, 0.05) is 13.1 Å². The van der Waals surface area contributed by atoms with E-state index in [9.17, 15) is 24.3 Å². The van der Waals surface area contributed by atoms with Crippen LogP contribution < -0.4 is 27.8 Å². The summed E-state index contributed by atoms with van der Waals surface area (Å²) < 4.78 is 0. The van der Waals surface area contributed by atoms with Crippen LogP contribution in [0.1, 0.15) is 31.2 Å². The first kappa shape index (κ1) is 26.6. The van der Waals surface area contributed by atoms with E-state index < -0.39 is 41.8 Å². The second-order valence-corrected chi connectivity index (χ2v) is 8.11. The van der Waals surface area contributed by atoms with Crippen molar-refractivity contribution in [3.8, 4) is 0 Å². The molecular formula is C22H33N7O5. The molecule has 186 valence electrons. The number of carbonyl (C=O) groups is 4. The Labute approximate surface area is 197 Å². The summed E-state index contributed by atoms with van der Waals surface area (Å²) in [5.41, 5.74) is 17.5. The number of hydrogen-bond acceptors (Lipinski definition) is 6. The molecule has 1 fully saturated rings. The van der Waals surface area contributed by atoms with Gasteiger partial charge in [-0.1, -0.05) is 30.3 Å². The number of nitrogens with zero attached hydrogens (tertiary/aromatic N) is 2. The number of nitrogens with two attached hydrogens (primary N) is 3. The number of hydrogen-bond donors (Lipinski definition) is 6. The third kappa shape index (κ3) is 8.35. The quantitative estimate of drug-likeness (QED) is 0.116. The third-order valence-electron chi connectivity index (χ3n) is 5.49. The van der Waals surface area contributed by atoms with Crippen LogP contribution in [0.4, 0.5) is 0 Å². The fourth-order valence-electron chi connectivity index (χ4n) is 3.72. The Hall–Kier alpha value is -3.67. The molecule has 3 unspecified atom stereocenters. The molecule has 12 heteroatoms. The highest BCUT2D eigenvalue weighted by atomic mass is 16.4. The van der Waals surface area contributed by atoms with E-state index in [0.29, 0.717) is 32.2 Å². The zero-order chi connectivity index (χ0) is 25.1. The number of likely N-dealkylation sites (tertiary alicyclic amines) is 1. The summed E-state index contributed by atoms with van der Waals surface area (Å²) >= 11 is 0. The summed E-state index contributed by atoms with van der Waals surface area (Å²) in [4.78, 5) is 54.3. The normalized spacial score (nSPS) is 16.9. The van der Waals surface area contributed by atoms with Gasteiger partial charge in [-0.05, 0) is 37.7 Å². The van der Waals surface area contributed by atoms with E-state index in [4.69, 9.17) is 17.2 Å². The van der Waals surface area contributed by atoms with Gasteiger partial charge in [-0.2, -0.15) is 0 Å². The molecule has 1 aliphatic heterocycles. The van der Waals surface area contributed by atoms with Crippen molar-refractivity contribution in [2.75, 3.05) is 19.6 Å². The maximum Gasteiger partial charge on any atom is 0.326 e. The summed E-state index contributed by atoms with van der Waals surface area (Å²) in [6, 6.07) is 6.49. The van der Waals surface area contributed by atoms with Crippen LogP contribution in [-0.4, -0.2) is 77.4 Å². The molecule has 0 saturated carbocycles. The number of nitrogens with one attached hydrogen (secondary N) is 2. The van der Waals surface area contributed by atoms with Gasteiger partial charge in [-0.3, -0.25) is 19.4 Å². The average Bonchev–Trinajstić information content (AvgIpc) is 3.30. The smallest absolute Gasteiger partial charge is 0.326 e. The Balaban J connectivity index is 1.96. The number of guanidine groups is 1. The van der Waals surface area contributed by atoms with E-state index in [1.165, 1.54) is 4.90 Å². The second kappa shape index (κ2) is 13.1. The van der Waals surface area contributed by atoms with Gasteiger partial charge in [0.25, 0.3) is 0 Å². The van der Waals surface area contributed by atoms with Crippen LogP contribution >= 0.6 is 0 Å². The first-order valence-corrected chi connectivity index (χ1v) is 11.1. The monoisotopic (exact) mass is 475 g/mol. The number of amides is 3. The van der Waals surface area contributed by atoms with E-state index in [0.717, 1.165) is 5.56 Å². The lowest BCUT2D eigenvalue weighted by Gasteiger charge is -2.23. The van der Waals surface area contributed by atoms with E-state index in [1.807, 2.05) is 30.3 Å². The van der Waals surface area contributed by atoms with Gasteiger partial charge in [0.05, 0.1) is 12.6 Å².